The number of rotatable bonds is 2. The molecule has 0 unspecified atom stereocenters. The Morgan fingerprint density at radius 1 is 1.50 bits per heavy atom. The molecule has 0 bridgehead atoms. The van der Waals surface area contributed by atoms with E-state index >= 15 is 0 Å². The summed E-state index contributed by atoms with van der Waals surface area (Å²) in [5.41, 5.74) is 0. The summed E-state index contributed by atoms with van der Waals surface area (Å²) >= 11 is 6.05. The van der Waals surface area contributed by atoms with Crippen molar-refractivity contribution in [2.75, 3.05) is 0 Å². The molecule has 12 heavy (non-hydrogen) atoms. The van der Waals surface area contributed by atoms with Crippen LogP contribution in [0.5, 0.6) is 0 Å². The molecule has 0 N–H and O–H groups in total. The van der Waals surface area contributed by atoms with E-state index < -0.39 is 10.6 Å². The molecule has 1 aromatic rings. The molecule has 0 saturated heterocycles. The first-order valence-electron chi connectivity index (χ1n) is 2.78. The summed E-state index contributed by atoms with van der Waals surface area (Å²) in [4.78, 5) is 7.44. The number of halogens is 4. The number of Topliss-reactive ketones (excluding diaryl/α,β-unsaturated/α-hetero) is 1. The zero-order valence-electron chi connectivity index (χ0n) is 5.48. The Bertz CT molecular complexity index is 305. The monoisotopic (exact) mass is 318 g/mol. The van der Waals surface area contributed by atoms with Gasteiger partial charge in [0.1, 0.15) is 0 Å². The maximum Gasteiger partial charge on any atom is 0.363 e. The quantitative estimate of drug-likeness (QED) is 0.600. The highest BCUT2D eigenvalue weighted by Gasteiger charge is 2.36. The Labute approximate surface area is 88.0 Å². The molecule has 0 atom stereocenters. The van der Waals surface area contributed by atoms with Gasteiger partial charge in [0, 0.05) is 0 Å². The van der Waals surface area contributed by atoms with Crippen LogP contribution in [0.25, 0.3) is 0 Å². The van der Waals surface area contributed by atoms with Gasteiger partial charge in [0.05, 0.1) is 8.66 Å². The fourth-order valence-corrected chi connectivity index (χ4v) is 2.28. The predicted octanol–water partition coefficient (Wildman–Crippen LogP) is 3.68. The van der Waals surface area contributed by atoms with Crippen molar-refractivity contribution in [3.8, 4) is 0 Å². The van der Waals surface area contributed by atoms with Gasteiger partial charge in [-0.05, 0) is 44.0 Å². The fraction of sp³-hybridized carbons (Fsp3) is 0.167. The van der Waals surface area contributed by atoms with Crippen LogP contribution in [0.3, 0.4) is 0 Å². The van der Waals surface area contributed by atoms with Crippen LogP contribution in [0.1, 0.15) is 9.67 Å². The fourth-order valence-electron chi connectivity index (χ4n) is 0.576. The first kappa shape index (κ1) is 10.3. The standard InChI is InChI=1S/C6H2Br2F2OS/c7-4-2-1-3(12-4)5(11)6(8,9)10/h1-2H. The first-order valence-corrected chi connectivity index (χ1v) is 5.18. The molecule has 0 radical (unpaired) electrons. The number of hydrogen-bond donors (Lipinski definition) is 0. The SMILES string of the molecule is O=C(c1ccc(Br)s1)C(F)(F)Br. The maximum atomic E-state index is 12.4. The second-order valence-corrected chi connectivity index (χ2v) is 5.39. The van der Waals surface area contributed by atoms with Crippen molar-refractivity contribution in [1.82, 2.24) is 0 Å². The van der Waals surface area contributed by atoms with Gasteiger partial charge in [-0.2, -0.15) is 8.78 Å². The maximum absolute atomic E-state index is 12.4. The van der Waals surface area contributed by atoms with E-state index in [-0.39, 0.29) is 4.88 Å². The van der Waals surface area contributed by atoms with Crippen molar-refractivity contribution >= 4 is 49.0 Å². The minimum atomic E-state index is -3.46. The molecule has 0 saturated carbocycles. The third-order valence-electron chi connectivity index (χ3n) is 1.05. The van der Waals surface area contributed by atoms with Gasteiger partial charge in [-0.1, -0.05) is 0 Å². The van der Waals surface area contributed by atoms with Crippen molar-refractivity contribution in [2.45, 2.75) is 4.83 Å². The van der Waals surface area contributed by atoms with Gasteiger partial charge >= 0.3 is 4.83 Å². The summed E-state index contributed by atoms with van der Waals surface area (Å²) in [6.07, 6.45) is 0. The van der Waals surface area contributed by atoms with Crippen molar-refractivity contribution in [1.29, 1.82) is 0 Å². The molecular formula is C6H2Br2F2OS. The Morgan fingerprint density at radius 2 is 2.08 bits per heavy atom. The minimum absolute atomic E-state index is 0.0313. The van der Waals surface area contributed by atoms with Crippen LogP contribution in [0.2, 0.25) is 0 Å². The normalized spacial score (nSPS) is 11.7. The molecule has 1 aromatic heterocycles. The molecule has 0 spiro atoms. The highest BCUT2D eigenvalue weighted by molar-refractivity contribution is 9.11. The molecule has 6 heteroatoms. The lowest BCUT2D eigenvalue weighted by Crippen LogP contribution is -2.19. The Morgan fingerprint density at radius 3 is 2.42 bits per heavy atom. The van der Waals surface area contributed by atoms with E-state index in [2.05, 4.69) is 15.9 Å². The lowest BCUT2D eigenvalue weighted by Gasteiger charge is -2.03. The number of carbonyl (C=O) groups excluding carboxylic acids is 1. The van der Waals surface area contributed by atoms with Crippen molar-refractivity contribution in [2.24, 2.45) is 0 Å². The van der Waals surface area contributed by atoms with E-state index in [1.54, 1.807) is 6.07 Å². The summed E-state index contributed by atoms with van der Waals surface area (Å²) in [6.45, 7) is 0. The zero-order valence-corrected chi connectivity index (χ0v) is 9.47. The van der Waals surface area contributed by atoms with Gasteiger partial charge in [-0.15, -0.1) is 11.3 Å². The molecule has 0 aliphatic carbocycles. The highest BCUT2D eigenvalue weighted by atomic mass is 79.9. The molecule has 0 aliphatic rings. The van der Waals surface area contributed by atoms with Crippen LogP contribution in [0.15, 0.2) is 15.9 Å². The molecule has 1 nitrogen and oxygen atoms in total. The van der Waals surface area contributed by atoms with Gasteiger partial charge < -0.3 is 0 Å². The average molecular weight is 320 g/mol. The van der Waals surface area contributed by atoms with Gasteiger partial charge in [0.15, 0.2) is 0 Å². The van der Waals surface area contributed by atoms with Gasteiger partial charge in [-0.25, -0.2) is 0 Å². The average Bonchev–Trinajstić information content (AvgIpc) is 2.32. The van der Waals surface area contributed by atoms with Crippen molar-refractivity contribution in [3.63, 3.8) is 0 Å². The molecule has 1 rings (SSSR count). The summed E-state index contributed by atoms with van der Waals surface area (Å²) in [6, 6.07) is 2.91. The number of hydrogen-bond acceptors (Lipinski definition) is 2. The smallest absolute Gasteiger partial charge is 0.285 e. The predicted molar refractivity (Wildman–Crippen MR) is 50.2 cm³/mol. The van der Waals surface area contributed by atoms with Crippen LogP contribution in [0.4, 0.5) is 8.78 Å². The Balaban J connectivity index is 2.93. The molecular weight excluding hydrogens is 318 g/mol. The second-order valence-electron chi connectivity index (χ2n) is 1.93. The van der Waals surface area contributed by atoms with Crippen LogP contribution < -0.4 is 0 Å². The summed E-state index contributed by atoms with van der Waals surface area (Å²) in [7, 11) is 0. The molecule has 0 fully saturated rings. The summed E-state index contributed by atoms with van der Waals surface area (Å²) < 4.78 is 25.4. The van der Waals surface area contributed by atoms with E-state index in [1.165, 1.54) is 6.07 Å². The number of ketones is 1. The number of alkyl halides is 3. The van der Waals surface area contributed by atoms with Gasteiger partial charge in [0.25, 0.3) is 5.78 Å². The number of carbonyl (C=O) groups is 1. The van der Waals surface area contributed by atoms with E-state index in [1.807, 2.05) is 15.9 Å². The molecule has 1 heterocycles. The van der Waals surface area contributed by atoms with Gasteiger partial charge in [-0.3, -0.25) is 4.79 Å². The van der Waals surface area contributed by atoms with Crippen LogP contribution in [-0.2, 0) is 0 Å². The van der Waals surface area contributed by atoms with E-state index in [9.17, 15) is 13.6 Å². The third-order valence-corrected chi connectivity index (χ3v) is 3.04. The molecule has 0 amide bonds. The van der Waals surface area contributed by atoms with Crippen LogP contribution >= 0.6 is 43.2 Å². The zero-order chi connectivity index (χ0) is 9.35. The van der Waals surface area contributed by atoms with Crippen LogP contribution in [0, 0.1) is 0 Å². The molecule has 0 aliphatic heterocycles. The van der Waals surface area contributed by atoms with E-state index in [0.717, 1.165) is 11.3 Å². The molecule has 0 aromatic carbocycles. The van der Waals surface area contributed by atoms with Gasteiger partial charge in [0.2, 0.25) is 0 Å². The minimum Gasteiger partial charge on any atom is -0.285 e. The topological polar surface area (TPSA) is 17.1 Å². The lowest BCUT2D eigenvalue weighted by molar-refractivity contribution is 0.0597. The largest absolute Gasteiger partial charge is 0.363 e. The second kappa shape index (κ2) is 3.51. The Hall–Kier alpha value is 0.190. The highest BCUT2D eigenvalue weighted by Crippen LogP contribution is 2.31. The van der Waals surface area contributed by atoms with Crippen molar-refractivity contribution in [3.05, 3.63) is 20.8 Å². The third kappa shape index (κ3) is 2.34. The van der Waals surface area contributed by atoms with E-state index in [0.29, 0.717) is 3.79 Å². The van der Waals surface area contributed by atoms with E-state index in [4.69, 9.17) is 0 Å². The molecule has 66 valence electrons. The number of thiophene rings is 1. The van der Waals surface area contributed by atoms with Crippen molar-refractivity contribution < 1.29 is 13.6 Å². The summed E-state index contributed by atoms with van der Waals surface area (Å²) in [5, 5.41) is 0. The Kier molecular flexibility index (Phi) is 3.01. The lowest BCUT2D eigenvalue weighted by atomic mass is 10.3. The summed E-state index contributed by atoms with van der Waals surface area (Å²) in [5.74, 6) is -1.21. The van der Waals surface area contributed by atoms with Crippen LogP contribution in [-0.4, -0.2) is 10.6 Å². The first-order chi connectivity index (χ1) is 5.41.